The fraction of sp³-hybridized carbons (Fsp3) is 0.917. The Hall–Kier alpha value is -0.570. The van der Waals surface area contributed by atoms with Crippen LogP contribution in [0.4, 0.5) is 0 Å². The molecule has 2 aliphatic rings. The maximum Gasteiger partial charge on any atom is 0.303 e. The highest BCUT2D eigenvalue weighted by Crippen LogP contribution is 2.47. The number of carboxylic acid groups (broad SMARTS) is 1. The predicted octanol–water partition coefficient (Wildman–Crippen LogP) is 2.45. The van der Waals surface area contributed by atoms with Crippen molar-refractivity contribution in [3.8, 4) is 0 Å². The van der Waals surface area contributed by atoms with Gasteiger partial charge in [0.25, 0.3) is 0 Å². The Labute approximate surface area is 90.8 Å². The summed E-state index contributed by atoms with van der Waals surface area (Å²) in [5.41, 5.74) is 0.203. The van der Waals surface area contributed by atoms with Gasteiger partial charge in [-0.15, -0.1) is 0 Å². The van der Waals surface area contributed by atoms with Crippen molar-refractivity contribution in [2.75, 3.05) is 13.2 Å². The van der Waals surface area contributed by atoms with Gasteiger partial charge in [-0.3, -0.25) is 4.79 Å². The molecule has 2 fully saturated rings. The van der Waals surface area contributed by atoms with Crippen molar-refractivity contribution in [1.82, 2.24) is 0 Å². The first-order valence-electron chi connectivity index (χ1n) is 6.02. The molecule has 1 N–H and O–H groups in total. The molecule has 1 aliphatic heterocycles. The first kappa shape index (κ1) is 10.9. The lowest BCUT2D eigenvalue weighted by atomic mass is 9.63. The Kier molecular flexibility index (Phi) is 3.29. The minimum Gasteiger partial charge on any atom is -0.481 e. The first-order valence-corrected chi connectivity index (χ1v) is 6.02. The van der Waals surface area contributed by atoms with Gasteiger partial charge < -0.3 is 9.84 Å². The highest BCUT2D eigenvalue weighted by atomic mass is 16.5. The Morgan fingerprint density at radius 1 is 1.33 bits per heavy atom. The quantitative estimate of drug-likeness (QED) is 0.764. The van der Waals surface area contributed by atoms with Crippen LogP contribution in [0.2, 0.25) is 0 Å². The van der Waals surface area contributed by atoms with Crippen molar-refractivity contribution in [2.24, 2.45) is 11.3 Å². The first-order chi connectivity index (χ1) is 7.23. The van der Waals surface area contributed by atoms with E-state index >= 15 is 0 Å². The van der Waals surface area contributed by atoms with Gasteiger partial charge in [-0.05, 0) is 30.6 Å². The van der Waals surface area contributed by atoms with Crippen molar-refractivity contribution in [3.05, 3.63) is 0 Å². The number of carboxylic acids is 1. The van der Waals surface area contributed by atoms with E-state index in [1.54, 1.807) is 0 Å². The van der Waals surface area contributed by atoms with E-state index in [2.05, 4.69) is 0 Å². The van der Waals surface area contributed by atoms with Crippen LogP contribution in [0.5, 0.6) is 0 Å². The maximum atomic E-state index is 10.9. The molecule has 15 heavy (non-hydrogen) atoms. The Balaban J connectivity index is 2.06. The monoisotopic (exact) mass is 212 g/mol. The van der Waals surface area contributed by atoms with E-state index in [-0.39, 0.29) is 5.41 Å². The van der Waals surface area contributed by atoms with Crippen molar-refractivity contribution in [1.29, 1.82) is 0 Å². The van der Waals surface area contributed by atoms with Crippen molar-refractivity contribution >= 4 is 5.97 Å². The zero-order chi connectivity index (χ0) is 10.7. The molecule has 86 valence electrons. The Morgan fingerprint density at radius 3 is 2.73 bits per heavy atom. The zero-order valence-electron chi connectivity index (χ0n) is 9.21. The summed E-state index contributed by atoms with van der Waals surface area (Å²) in [5, 5.41) is 8.94. The lowest BCUT2D eigenvalue weighted by molar-refractivity contribution is -0.143. The third-order valence-electron chi connectivity index (χ3n) is 4.14. The maximum absolute atomic E-state index is 10.9. The third-order valence-corrected chi connectivity index (χ3v) is 4.14. The van der Waals surface area contributed by atoms with Gasteiger partial charge in [0.15, 0.2) is 0 Å². The molecule has 1 atom stereocenters. The van der Waals surface area contributed by atoms with E-state index in [1.165, 1.54) is 32.1 Å². The summed E-state index contributed by atoms with van der Waals surface area (Å²) in [6.07, 6.45) is 7.42. The van der Waals surface area contributed by atoms with E-state index in [4.69, 9.17) is 9.84 Å². The van der Waals surface area contributed by atoms with Gasteiger partial charge in [0.05, 0.1) is 6.61 Å². The average molecular weight is 212 g/mol. The van der Waals surface area contributed by atoms with Crippen molar-refractivity contribution in [3.63, 3.8) is 0 Å². The second-order valence-electron chi connectivity index (χ2n) is 5.06. The molecule has 2 rings (SSSR count). The SMILES string of the molecule is O=C(O)CC1CCOCC12CCCCC2. The fourth-order valence-electron chi connectivity index (χ4n) is 3.26. The second kappa shape index (κ2) is 4.52. The molecular weight excluding hydrogens is 192 g/mol. The standard InChI is InChI=1S/C12H20O3/c13-11(14)8-10-4-7-15-9-12(10)5-2-1-3-6-12/h10H,1-9H2,(H,13,14). The molecule has 0 aromatic heterocycles. The lowest BCUT2D eigenvalue weighted by Gasteiger charge is -2.46. The van der Waals surface area contributed by atoms with E-state index in [0.717, 1.165) is 19.6 Å². The molecule has 0 aromatic carbocycles. The van der Waals surface area contributed by atoms with Crippen LogP contribution in [0, 0.1) is 11.3 Å². The molecule has 1 saturated heterocycles. The van der Waals surface area contributed by atoms with Crippen LogP contribution in [-0.2, 0) is 9.53 Å². The third kappa shape index (κ3) is 2.33. The van der Waals surface area contributed by atoms with Crippen LogP contribution in [0.3, 0.4) is 0 Å². The molecule has 0 amide bonds. The summed E-state index contributed by atoms with van der Waals surface area (Å²) in [6.45, 7) is 1.55. The van der Waals surface area contributed by atoms with E-state index in [1.807, 2.05) is 0 Å². The molecule has 1 heterocycles. The highest BCUT2D eigenvalue weighted by Gasteiger charge is 2.42. The molecule has 1 aliphatic carbocycles. The number of rotatable bonds is 2. The van der Waals surface area contributed by atoms with Gasteiger partial charge in [-0.2, -0.15) is 0 Å². The normalized spacial score (nSPS) is 30.3. The van der Waals surface area contributed by atoms with Crippen LogP contribution in [0.25, 0.3) is 0 Å². The highest BCUT2D eigenvalue weighted by molar-refractivity contribution is 5.67. The minimum absolute atomic E-state index is 0.203. The number of hydrogen-bond acceptors (Lipinski definition) is 2. The minimum atomic E-state index is -0.646. The summed E-state index contributed by atoms with van der Waals surface area (Å²) in [7, 11) is 0. The topological polar surface area (TPSA) is 46.5 Å². The van der Waals surface area contributed by atoms with Crippen LogP contribution in [0.1, 0.15) is 44.9 Å². The molecular formula is C12H20O3. The molecule has 1 saturated carbocycles. The summed E-state index contributed by atoms with van der Waals surface area (Å²) in [4.78, 5) is 10.9. The number of hydrogen-bond donors (Lipinski definition) is 1. The summed E-state index contributed by atoms with van der Waals surface area (Å²) < 4.78 is 5.58. The van der Waals surface area contributed by atoms with Crippen molar-refractivity contribution < 1.29 is 14.6 Å². The summed E-state index contributed by atoms with van der Waals surface area (Å²) in [5.74, 6) is -0.295. The van der Waals surface area contributed by atoms with Crippen molar-refractivity contribution in [2.45, 2.75) is 44.9 Å². The molecule has 0 radical (unpaired) electrons. The predicted molar refractivity (Wildman–Crippen MR) is 56.7 cm³/mol. The van der Waals surface area contributed by atoms with Crippen LogP contribution in [-0.4, -0.2) is 24.3 Å². The average Bonchev–Trinajstić information content (AvgIpc) is 2.23. The number of ether oxygens (including phenoxy) is 1. The number of aliphatic carboxylic acids is 1. The smallest absolute Gasteiger partial charge is 0.303 e. The molecule has 3 nitrogen and oxygen atoms in total. The molecule has 1 spiro atoms. The number of carbonyl (C=O) groups is 1. The van der Waals surface area contributed by atoms with E-state index in [0.29, 0.717) is 12.3 Å². The second-order valence-corrected chi connectivity index (χ2v) is 5.06. The van der Waals surface area contributed by atoms with Gasteiger partial charge in [0, 0.05) is 13.0 Å². The van der Waals surface area contributed by atoms with Gasteiger partial charge in [-0.1, -0.05) is 19.3 Å². The van der Waals surface area contributed by atoms with Crippen LogP contribution < -0.4 is 0 Å². The molecule has 1 unspecified atom stereocenters. The van der Waals surface area contributed by atoms with Gasteiger partial charge in [0.1, 0.15) is 0 Å². The van der Waals surface area contributed by atoms with Gasteiger partial charge in [-0.25, -0.2) is 0 Å². The van der Waals surface area contributed by atoms with E-state index < -0.39 is 5.97 Å². The van der Waals surface area contributed by atoms with E-state index in [9.17, 15) is 4.79 Å². The van der Waals surface area contributed by atoms with Crippen LogP contribution >= 0.6 is 0 Å². The summed E-state index contributed by atoms with van der Waals surface area (Å²) >= 11 is 0. The van der Waals surface area contributed by atoms with Gasteiger partial charge >= 0.3 is 5.97 Å². The Morgan fingerprint density at radius 2 is 2.07 bits per heavy atom. The Bertz CT molecular complexity index is 223. The zero-order valence-corrected chi connectivity index (χ0v) is 9.21. The molecule has 0 aromatic rings. The van der Waals surface area contributed by atoms with Gasteiger partial charge in [0.2, 0.25) is 0 Å². The largest absolute Gasteiger partial charge is 0.481 e. The molecule has 0 bridgehead atoms. The summed E-state index contributed by atoms with van der Waals surface area (Å²) in [6, 6.07) is 0. The fourth-order valence-corrected chi connectivity index (χ4v) is 3.26. The lowest BCUT2D eigenvalue weighted by Crippen LogP contribution is -2.42. The van der Waals surface area contributed by atoms with Crippen LogP contribution in [0.15, 0.2) is 0 Å². The molecule has 3 heteroatoms.